The second kappa shape index (κ2) is 6.80. The number of carbonyl (C=O) groups excluding carboxylic acids is 1. The molecule has 6 heteroatoms. The van der Waals surface area contributed by atoms with Crippen LogP contribution in [0, 0.1) is 0 Å². The monoisotopic (exact) mass is 338 g/mol. The molecule has 4 rings (SSSR count). The van der Waals surface area contributed by atoms with E-state index in [2.05, 4.69) is 32.3 Å². The Kier molecular flexibility index (Phi) is 4.36. The molecular weight excluding hydrogens is 316 g/mol. The molecule has 2 aromatic rings. The number of amides is 1. The van der Waals surface area contributed by atoms with Gasteiger partial charge in [-0.3, -0.25) is 14.5 Å². The molecule has 25 heavy (non-hydrogen) atoms. The molecule has 0 atom stereocenters. The summed E-state index contributed by atoms with van der Waals surface area (Å²) in [6.45, 7) is 2.22. The fraction of sp³-hybridized carbons (Fsp3) is 0.421. The largest absolute Gasteiger partial charge is 0.325 e. The van der Waals surface area contributed by atoms with E-state index >= 15 is 0 Å². The molecule has 0 spiro atoms. The van der Waals surface area contributed by atoms with E-state index in [-0.39, 0.29) is 17.2 Å². The van der Waals surface area contributed by atoms with Crippen LogP contribution >= 0.6 is 0 Å². The molecule has 0 saturated heterocycles. The Morgan fingerprint density at radius 3 is 2.68 bits per heavy atom. The molecule has 1 aromatic carbocycles. The van der Waals surface area contributed by atoms with Gasteiger partial charge >= 0.3 is 0 Å². The standard InChI is InChI=1S/C19H22N4O2/c24-18-12-20-17(11-21-18)19(25)22-15-5-4-13-6-8-23(16-2-1-3-16)9-7-14(13)10-15/h4-5,10-12,16H,1-3,6-9H2,(H,21,24)(H,22,25). The summed E-state index contributed by atoms with van der Waals surface area (Å²) >= 11 is 0. The van der Waals surface area contributed by atoms with Crippen molar-refractivity contribution in [2.75, 3.05) is 18.4 Å². The third kappa shape index (κ3) is 3.49. The molecule has 0 unspecified atom stereocenters. The Morgan fingerprint density at radius 1 is 1.20 bits per heavy atom. The van der Waals surface area contributed by atoms with E-state index in [0.29, 0.717) is 0 Å². The van der Waals surface area contributed by atoms with Crippen molar-refractivity contribution >= 4 is 11.6 Å². The van der Waals surface area contributed by atoms with E-state index in [4.69, 9.17) is 0 Å². The van der Waals surface area contributed by atoms with Crippen molar-refractivity contribution in [1.29, 1.82) is 0 Å². The molecule has 0 radical (unpaired) electrons. The van der Waals surface area contributed by atoms with Gasteiger partial charge in [0.15, 0.2) is 0 Å². The van der Waals surface area contributed by atoms with Gasteiger partial charge in [-0.15, -0.1) is 0 Å². The fourth-order valence-corrected chi connectivity index (χ4v) is 3.60. The summed E-state index contributed by atoms with van der Waals surface area (Å²) in [4.78, 5) is 32.2. The molecule has 2 heterocycles. The average Bonchev–Trinajstić information content (AvgIpc) is 2.77. The summed E-state index contributed by atoms with van der Waals surface area (Å²) in [5, 5.41) is 2.87. The second-order valence-corrected chi connectivity index (χ2v) is 6.85. The van der Waals surface area contributed by atoms with Crippen LogP contribution in [0.4, 0.5) is 5.69 Å². The lowest BCUT2D eigenvalue weighted by atomic mass is 9.91. The SMILES string of the molecule is O=C(Nc1ccc2c(c1)CCN(C1CCC1)CC2)c1c[nH]c(=O)cn1. The van der Waals surface area contributed by atoms with Gasteiger partial charge < -0.3 is 10.3 Å². The zero-order chi connectivity index (χ0) is 17.2. The van der Waals surface area contributed by atoms with Crippen LogP contribution in [0.5, 0.6) is 0 Å². The summed E-state index contributed by atoms with van der Waals surface area (Å²) in [7, 11) is 0. The first-order valence-corrected chi connectivity index (χ1v) is 8.91. The Labute approximate surface area is 146 Å². The van der Waals surface area contributed by atoms with Crippen molar-refractivity contribution in [2.24, 2.45) is 0 Å². The van der Waals surface area contributed by atoms with Crippen LogP contribution < -0.4 is 10.9 Å². The maximum Gasteiger partial charge on any atom is 0.275 e. The highest BCUT2D eigenvalue weighted by atomic mass is 16.2. The Balaban J connectivity index is 1.46. The van der Waals surface area contributed by atoms with E-state index < -0.39 is 0 Å². The maximum atomic E-state index is 12.2. The lowest BCUT2D eigenvalue weighted by molar-refractivity contribution is 0.102. The van der Waals surface area contributed by atoms with Crippen LogP contribution in [0.3, 0.4) is 0 Å². The van der Waals surface area contributed by atoms with Gasteiger partial charge in [-0.05, 0) is 48.9 Å². The van der Waals surface area contributed by atoms with Gasteiger partial charge in [0.1, 0.15) is 5.69 Å². The number of hydrogen-bond donors (Lipinski definition) is 2. The summed E-state index contributed by atoms with van der Waals surface area (Å²) in [5.74, 6) is -0.319. The molecule has 130 valence electrons. The van der Waals surface area contributed by atoms with Crippen molar-refractivity contribution in [3.05, 3.63) is 57.8 Å². The van der Waals surface area contributed by atoms with Crippen LogP contribution in [-0.4, -0.2) is 39.9 Å². The van der Waals surface area contributed by atoms with Crippen LogP contribution in [0.2, 0.25) is 0 Å². The second-order valence-electron chi connectivity index (χ2n) is 6.85. The molecule has 1 amide bonds. The van der Waals surface area contributed by atoms with Crippen LogP contribution in [0.25, 0.3) is 0 Å². The van der Waals surface area contributed by atoms with Crippen LogP contribution in [0.15, 0.2) is 35.4 Å². The Bertz CT molecular complexity index is 821. The molecule has 1 aliphatic heterocycles. The van der Waals surface area contributed by atoms with Gasteiger partial charge in [-0.25, -0.2) is 4.98 Å². The third-order valence-corrected chi connectivity index (χ3v) is 5.30. The molecule has 6 nitrogen and oxygen atoms in total. The smallest absolute Gasteiger partial charge is 0.275 e. The first kappa shape index (κ1) is 16.0. The minimum absolute atomic E-state index is 0.200. The molecular formula is C19H22N4O2. The third-order valence-electron chi connectivity index (χ3n) is 5.30. The van der Waals surface area contributed by atoms with E-state index in [0.717, 1.165) is 43.9 Å². The minimum atomic E-state index is -0.322. The number of nitrogens with one attached hydrogen (secondary N) is 2. The number of hydrogen-bond acceptors (Lipinski definition) is 4. The van der Waals surface area contributed by atoms with E-state index in [1.165, 1.54) is 36.6 Å². The molecule has 1 fully saturated rings. The van der Waals surface area contributed by atoms with Gasteiger partial charge in [-0.2, -0.15) is 0 Å². The van der Waals surface area contributed by atoms with Crippen LogP contribution in [-0.2, 0) is 12.8 Å². The quantitative estimate of drug-likeness (QED) is 0.897. The first-order valence-electron chi connectivity index (χ1n) is 8.91. The van der Waals surface area contributed by atoms with E-state index in [1.54, 1.807) is 0 Å². The normalized spacial score (nSPS) is 18.1. The fourth-order valence-electron chi connectivity index (χ4n) is 3.60. The van der Waals surface area contributed by atoms with Crippen LogP contribution in [0.1, 0.15) is 40.9 Å². The molecule has 2 aliphatic rings. The maximum absolute atomic E-state index is 12.2. The zero-order valence-corrected chi connectivity index (χ0v) is 14.1. The van der Waals surface area contributed by atoms with Gasteiger partial charge in [0.05, 0.1) is 6.20 Å². The van der Waals surface area contributed by atoms with Gasteiger partial charge in [0.25, 0.3) is 11.5 Å². The highest BCUT2D eigenvalue weighted by Crippen LogP contribution is 2.28. The minimum Gasteiger partial charge on any atom is -0.325 e. The number of aromatic amines is 1. The number of benzene rings is 1. The molecule has 2 N–H and O–H groups in total. The Hall–Kier alpha value is -2.47. The predicted octanol–water partition coefficient (Wildman–Crippen LogP) is 1.98. The number of fused-ring (bicyclic) bond motifs is 1. The lowest BCUT2D eigenvalue weighted by Gasteiger charge is -2.36. The zero-order valence-electron chi connectivity index (χ0n) is 14.1. The van der Waals surface area contributed by atoms with Gasteiger partial charge in [0, 0.05) is 31.0 Å². The average molecular weight is 338 g/mol. The number of rotatable bonds is 3. The topological polar surface area (TPSA) is 78.1 Å². The summed E-state index contributed by atoms with van der Waals surface area (Å²) in [6.07, 6.45) is 8.57. The van der Waals surface area contributed by atoms with E-state index in [9.17, 15) is 9.59 Å². The van der Waals surface area contributed by atoms with Crippen molar-refractivity contribution in [1.82, 2.24) is 14.9 Å². The summed E-state index contributed by atoms with van der Waals surface area (Å²) in [5.41, 5.74) is 3.34. The molecule has 1 aromatic heterocycles. The Morgan fingerprint density at radius 2 is 2.00 bits per heavy atom. The van der Waals surface area contributed by atoms with Gasteiger partial charge in [0.2, 0.25) is 0 Å². The summed E-state index contributed by atoms with van der Waals surface area (Å²) < 4.78 is 0. The summed E-state index contributed by atoms with van der Waals surface area (Å²) in [6, 6.07) is 6.92. The van der Waals surface area contributed by atoms with Crippen molar-refractivity contribution in [2.45, 2.75) is 38.1 Å². The van der Waals surface area contributed by atoms with Crippen molar-refractivity contribution < 1.29 is 4.79 Å². The van der Waals surface area contributed by atoms with Crippen molar-refractivity contribution in [3.8, 4) is 0 Å². The number of H-pyrrole nitrogens is 1. The molecule has 1 aliphatic carbocycles. The lowest BCUT2D eigenvalue weighted by Crippen LogP contribution is -2.41. The highest BCUT2D eigenvalue weighted by Gasteiger charge is 2.26. The number of nitrogens with zero attached hydrogens (tertiary/aromatic N) is 2. The van der Waals surface area contributed by atoms with E-state index in [1.807, 2.05) is 6.07 Å². The highest BCUT2D eigenvalue weighted by molar-refractivity contribution is 6.02. The van der Waals surface area contributed by atoms with Crippen molar-refractivity contribution in [3.63, 3.8) is 0 Å². The number of anilines is 1. The molecule has 0 bridgehead atoms. The number of carbonyl (C=O) groups is 1. The number of aromatic nitrogens is 2. The van der Waals surface area contributed by atoms with Gasteiger partial charge in [-0.1, -0.05) is 12.5 Å². The molecule has 1 saturated carbocycles. The predicted molar refractivity (Wildman–Crippen MR) is 95.9 cm³/mol. The first-order chi connectivity index (χ1) is 12.2.